The van der Waals surface area contributed by atoms with E-state index in [0.717, 1.165) is 25.2 Å². The predicted molar refractivity (Wildman–Crippen MR) is 56.5 cm³/mol. The third kappa shape index (κ3) is 4.30. The van der Waals surface area contributed by atoms with Crippen molar-refractivity contribution >= 4 is 17.7 Å². The van der Waals surface area contributed by atoms with Crippen LogP contribution >= 0.6 is 11.8 Å². The normalized spacial score (nSPS) is 24.5. The van der Waals surface area contributed by atoms with Crippen molar-refractivity contribution in [2.75, 3.05) is 18.1 Å². The van der Waals surface area contributed by atoms with Crippen LogP contribution in [-0.4, -0.2) is 41.3 Å². The van der Waals surface area contributed by atoms with Crippen LogP contribution in [0.1, 0.15) is 19.3 Å². The van der Waals surface area contributed by atoms with Gasteiger partial charge in [-0.25, -0.2) is 0 Å². The van der Waals surface area contributed by atoms with Gasteiger partial charge < -0.3 is 15.6 Å². The second-order valence-electron chi connectivity index (χ2n) is 3.47. The van der Waals surface area contributed by atoms with E-state index in [-0.39, 0.29) is 0 Å². The van der Waals surface area contributed by atoms with Gasteiger partial charge in [0.2, 0.25) is 0 Å². The average Bonchev–Trinajstić information content (AvgIpc) is 2.19. The molecular formula is C9H17NO3S. The summed E-state index contributed by atoms with van der Waals surface area (Å²) in [6, 6.07) is -0.747. The summed E-state index contributed by atoms with van der Waals surface area (Å²) in [6.07, 6.45) is 3.76. The number of carbonyl (C=O) groups is 1. The second-order valence-corrected chi connectivity index (χ2v) is 4.55. The van der Waals surface area contributed by atoms with Gasteiger partial charge in [0.15, 0.2) is 0 Å². The van der Waals surface area contributed by atoms with Crippen molar-refractivity contribution < 1.29 is 14.6 Å². The fraction of sp³-hybridized carbons (Fsp3) is 0.889. The highest BCUT2D eigenvalue weighted by atomic mass is 32.2. The summed E-state index contributed by atoms with van der Waals surface area (Å²) in [7, 11) is 0. The quantitative estimate of drug-likeness (QED) is 0.712. The lowest BCUT2D eigenvalue weighted by molar-refractivity contribution is -0.137. The Morgan fingerprint density at radius 2 is 2.43 bits per heavy atom. The molecule has 0 aliphatic carbocycles. The van der Waals surface area contributed by atoms with E-state index in [2.05, 4.69) is 0 Å². The molecule has 5 heteroatoms. The maximum absolute atomic E-state index is 10.4. The molecule has 0 aromatic carbocycles. The van der Waals surface area contributed by atoms with Gasteiger partial charge >= 0.3 is 5.97 Å². The third-order valence-electron chi connectivity index (χ3n) is 2.19. The maximum Gasteiger partial charge on any atom is 0.321 e. The minimum absolute atomic E-state index is 0.301. The highest BCUT2D eigenvalue weighted by molar-refractivity contribution is 7.99. The zero-order valence-electron chi connectivity index (χ0n) is 8.15. The molecule has 0 spiro atoms. The van der Waals surface area contributed by atoms with Gasteiger partial charge in [-0.05, 0) is 19.3 Å². The second kappa shape index (κ2) is 6.27. The number of ether oxygens (including phenoxy) is 1. The molecule has 4 nitrogen and oxygen atoms in total. The summed E-state index contributed by atoms with van der Waals surface area (Å²) < 4.78 is 5.51. The van der Waals surface area contributed by atoms with Crippen molar-refractivity contribution in [1.29, 1.82) is 0 Å². The van der Waals surface area contributed by atoms with E-state index in [1.54, 1.807) is 11.8 Å². The Kier molecular flexibility index (Phi) is 5.29. The summed E-state index contributed by atoms with van der Waals surface area (Å²) in [6.45, 7) is 0.843. The number of aliphatic carboxylic acids is 1. The first kappa shape index (κ1) is 11.8. The molecule has 0 radical (unpaired) electrons. The van der Waals surface area contributed by atoms with Crippen molar-refractivity contribution in [2.24, 2.45) is 5.73 Å². The van der Waals surface area contributed by atoms with E-state index in [1.165, 1.54) is 6.42 Å². The SMILES string of the molecule is NC(CSCC1CCCCO1)C(=O)O. The lowest BCUT2D eigenvalue weighted by atomic mass is 10.1. The molecule has 1 rings (SSSR count). The number of carboxylic acids is 1. The van der Waals surface area contributed by atoms with Gasteiger partial charge in [0.25, 0.3) is 0 Å². The first-order valence-electron chi connectivity index (χ1n) is 4.88. The Labute approximate surface area is 88.2 Å². The smallest absolute Gasteiger partial charge is 0.321 e. The van der Waals surface area contributed by atoms with E-state index in [4.69, 9.17) is 15.6 Å². The van der Waals surface area contributed by atoms with Crippen molar-refractivity contribution in [1.82, 2.24) is 0 Å². The van der Waals surface area contributed by atoms with Crippen LogP contribution in [0.3, 0.4) is 0 Å². The minimum atomic E-state index is -0.929. The molecule has 2 atom stereocenters. The van der Waals surface area contributed by atoms with Gasteiger partial charge in [-0.2, -0.15) is 11.8 Å². The first-order valence-corrected chi connectivity index (χ1v) is 6.03. The molecule has 1 aliphatic heterocycles. The van der Waals surface area contributed by atoms with Crippen LogP contribution in [-0.2, 0) is 9.53 Å². The molecule has 1 fully saturated rings. The van der Waals surface area contributed by atoms with E-state index in [9.17, 15) is 4.79 Å². The molecule has 1 heterocycles. The molecule has 0 amide bonds. The van der Waals surface area contributed by atoms with Crippen molar-refractivity contribution in [3.8, 4) is 0 Å². The number of nitrogens with two attached hydrogens (primary N) is 1. The van der Waals surface area contributed by atoms with Gasteiger partial charge in [-0.3, -0.25) is 4.79 Å². The number of hydrogen-bond donors (Lipinski definition) is 2. The molecule has 82 valence electrons. The number of thioether (sulfide) groups is 1. The molecule has 0 bridgehead atoms. The predicted octanol–water partition coefficient (Wildman–Crippen LogP) is 0.701. The molecule has 3 N–H and O–H groups in total. The van der Waals surface area contributed by atoms with Crippen LogP contribution in [0, 0.1) is 0 Å². The van der Waals surface area contributed by atoms with E-state index >= 15 is 0 Å². The highest BCUT2D eigenvalue weighted by Crippen LogP contribution is 2.17. The van der Waals surface area contributed by atoms with Crippen LogP contribution < -0.4 is 5.73 Å². The Morgan fingerprint density at radius 1 is 1.64 bits per heavy atom. The van der Waals surface area contributed by atoms with Crippen molar-refractivity contribution in [3.63, 3.8) is 0 Å². The van der Waals surface area contributed by atoms with Crippen LogP contribution in [0.4, 0.5) is 0 Å². The standard InChI is InChI=1S/C9H17NO3S/c10-8(9(11)12)6-14-5-7-3-1-2-4-13-7/h7-8H,1-6,10H2,(H,11,12). The van der Waals surface area contributed by atoms with Gasteiger partial charge in [0.05, 0.1) is 6.10 Å². The maximum atomic E-state index is 10.4. The molecule has 14 heavy (non-hydrogen) atoms. The molecule has 0 saturated carbocycles. The molecule has 1 saturated heterocycles. The fourth-order valence-electron chi connectivity index (χ4n) is 1.34. The molecule has 0 aromatic rings. The van der Waals surface area contributed by atoms with Gasteiger partial charge in [-0.1, -0.05) is 0 Å². The van der Waals surface area contributed by atoms with E-state index in [1.807, 2.05) is 0 Å². The summed E-state index contributed by atoms with van der Waals surface area (Å²) in [5.74, 6) is 0.401. The first-order chi connectivity index (χ1) is 6.70. The Hall–Kier alpha value is -0.260. The van der Waals surface area contributed by atoms with Crippen LogP contribution in [0.15, 0.2) is 0 Å². The fourth-order valence-corrected chi connectivity index (χ4v) is 2.39. The molecule has 1 aliphatic rings. The lowest BCUT2D eigenvalue weighted by Gasteiger charge is -2.22. The zero-order chi connectivity index (χ0) is 10.4. The number of hydrogen-bond acceptors (Lipinski definition) is 4. The zero-order valence-corrected chi connectivity index (χ0v) is 8.96. The van der Waals surface area contributed by atoms with Crippen molar-refractivity contribution in [2.45, 2.75) is 31.4 Å². The number of rotatable bonds is 5. The number of carboxylic acid groups (broad SMARTS) is 1. The Bertz CT molecular complexity index is 183. The monoisotopic (exact) mass is 219 g/mol. The van der Waals surface area contributed by atoms with Gasteiger partial charge in [0, 0.05) is 18.1 Å². The largest absolute Gasteiger partial charge is 0.480 e. The third-order valence-corrected chi connectivity index (χ3v) is 3.39. The summed E-state index contributed by atoms with van der Waals surface area (Å²) in [4.78, 5) is 10.4. The van der Waals surface area contributed by atoms with Crippen LogP contribution in [0.2, 0.25) is 0 Å². The van der Waals surface area contributed by atoms with Crippen LogP contribution in [0.25, 0.3) is 0 Å². The molecule has 0 aromatic heterocycles. The Morgan fingerprint density at radius 3 is 3.00 bits per heavy atom. The summed E-state index contributed by atoms with van der Waals surface area (Å²) >= 11 is 1.57. The van der Waals surface area contributed by atoms with Gasteiger partial charge in [0.1, 0.15) is 6.04 Å². The topological polar surface area (TPSA) is 72.5 Å². The summed E-state index contributed by atoms with van der Waals surface area (Å²) in [5.41, 5.74) is 5.37. The lowest BCUT2D eigenvalue weighted by Crippen LogP contribution is -2.33. The Balaban J connectivity index is 2.05. The average molecular weight is 219 g/mol. The van der Waals surface area contributed by atoms with E-state index < -0.39 is 12.0 Å². The molecule has 2 unspecified atom stereocenters. The van der Waals surface area contributed by atoms with Crippen LogP contribution in [0.5, 0.6) is 0 Å². The van der Waals surface area contributed by atoms with Crippen molar-refractivity contribution in [3.05, 3.63) is 0 Å². The van der Waals surface area contributed by atoms with Gasteiger partial charge in [-0.15, -0.1) is 0 Å². The minimum Gasteiger partial charge on any atom is -0.480 e. The van der Waals surface area contributed by atoms with E-state index in [0.29, 0.717) is 11.9 Å². The highest BCUT2D eigenvalue weighted by Gasteiger charge is 2.16. The molecular weight excluding hydrogens is 202 g/mol. The summed E-state index contributed by atoms with van der Waals surface area (Å²) in [5, 5.41) is 8.55.